The normalized spacial score (nSPS) is 12.6. The van der Waals surface area contributed by atoms with Gasteiger partial charge < -0.3 is 10.8 Å². The lowest BCUT2D eigenvalue weighted by Crippen LogP contribution is -2.12. The minimum absolute atomic E-state index is 0.212. The summed E-state index contributed by atoms with van der Waals surface area (Å²) in [6.45, 7) is 5.50. The summed E-state index contributed by atoms with van der Waals surface area (Å²) in [6, 6.07) is 6.57. The van der Waals surface area contributed by atoms with Gasteiger partial charge in [0.1, 0.15) is 11.6 Å². The number of rotatable bonds is 3. The van der Waals surface area contributed by atoms with E-state index >= 15 is 0 Å². The molecular weight excluding hydrogens is 188 g/mol. The Morgan fingerprint density at radius 3 is 2.53 bits per heavy atom. The summed E-state index contributed by atoms with van der Waals surface area (Å²) in [5.41, 5.74) is 7.46. The van der Waals surface area contributed by atoms with E-state index < -0.39 is 0 Å². The van der Waals surface area contributed by atoms with Crippen molar-refractivity contribution < 1.29 is 5.11 Å². The molecule has 15 heavy (non-hydrogen) atoms. The van der Waals surface area contributed by atoms with Gasteiger partial charge in [-0.1, -0.05) is 12.7 Å². The Morgan fingerprint density at radius 2 is 2.00 bits per heavy atom. The lowest BCUT2D eigenvalue weighted by molar-refractivity contribution is 0.475. The maximum atomic E-state index is 9.09. The third-order valence-electron chi connectivity index (χ3n) is 1.89. The van der Waals surface area contributed by atoms with Crippen LogP contribution >= 0.6 is 0 Å². The molecule has 0 saturated carbocycles. The summed E-state index contributed by atoms with van der Waals surface area (Å²) >= 11 is 0. The topological polar surface area (TPSA) is 58.6 Å². The largest absolute Gasteiger partial charge is 0.508 e. The van der Waals surface area contributed by atoms with Crippen molar-refractivity contribution in [1.82, 2.24) is 0 Å². The van der Waals surface area contributed by atoms with Crippen LogP contribution in [-0.4, -0.2) is 10.9 Å². The Morgan fingerprint density at radius 1 is 1.40 bits per heavy atom. The molecule has 1 aromatic rings. The molecule has 0 spiro atoms. The number of nitrogens with zero attached hydrogens (tertiary/aromatic N) is 1. The molecule has 1 aromatic carbocycles. The molecule has 0 aliphatic rings. The maximum absolute atomic E-state index is 9.09. The standard InChI is InChI=1S/C12H14N2O/c1-3-9(2)8-14-12(13)10-4-6-11(15)7-5-10/h3-8,15H,1H2,2H3,(H2,13,14)/b9-8-. The molecule has 3 heteroatoms. The molecule has 0 unspecified atom stereocenters. The lowest BCUT2D eigenvalue weighted by Gasteiger charge is -1.99. The highest BCUT2D eigenvalue weighted by Crippen LogP contribution is 2.09. The summed E-state index contributed by atoms with van der Waals surface area (Å²) in [5, 5.41) is 9.09. The van der Waals surface area contributed by atoms with Crippen LogP contribution < -0.4 is 5.73 Å². The summed E-state index contributed by atoms with van der Waals surface area (Å²) in [4.78, 5) is 4.07. The Kier molecular flexibility index (Phi) is 3.68. The predicted octanol–water partition coefficient (Wildman–Crippen LogP) is 2.19. The summed E-state index contributed by atoms with van der Waals surface area (Å²) in [7, 11) is 0. The summed E-state index contributed by atoms with van der Waals surface area (Å²) in [5.74, 6) is 0.626. The lowest BCUT2D eigenvalue weighted by atomic mass is 10.2. The number of aromatic hydroxyl groups is 1. The van der Waals surface area contributed by atoms with Crippen molar-refractivity contribution in [3.8, 4) is 5.75 Å². The highest BCUT2D eigenvalue weighted by Gasteiger charge is 1.96. The number of nitrogens with two attached hydrogens (primary N) is 1. The molecule has 0 radical (unpaired) electrons. The second-order valence-corrected chi connectivity index (χ2v) is 3.14. The zero-order valence-corrected chi connectivity index (χ0v) is 8.64. The molecule has 0 aliphatic heterocycles. The minimum atomic E-state index is 0.212. The summed E-state index contributed by atoms with van der Waals surface area (Å²) < 4.78 is 0. The zero-order valence-electron chi connectivity index (χ0n) is 8.64. The number of hydrogen-bond acceptors (Lipinski definition) is 2. The van der Waals surface area contributed by atoms with Crippen molar-refractivity contribution in [2.24, 2.45) is 10.7 Å². The van der Waals surface area contributed by atoms with Gasteiger partial charge in [0, 0.05) is 11.8 Å². The van der Waals surface area contributed by atoms with Gasteiger partial charge in [-0.15, -0.1) is 0 Å². The fourth-order valence-electron chi connectivity index (χ4n) is 0.931. The molecule has 0 heterocycles. The van der Waals surface area contributed by atoms with Crippen LogP contribution in [-0.2, 0) is 0 Å². The molecule has 0 fully saturated rings. The molecule has 0 bridgehead atoms. The van der Waals surface area contributed by atoms with Crippen LogP contribution in [0, 0.1) is 0 Å². The van der Waals surface area contributed by atoms with E-state index in [-0.39, 0.29) is 5.75 Å². The first kappa shape index (κ1) is 11.0. The second kappa shape index (κ2) is 5.00. The highest BCUT2D eigenvalue weighted by molar-refractivity contribution is 5.97. The van der Waals surface area contributed by atoms with E-state index in [4.69, 9.17) is 10.8 Å². The van der Waals surface area contributed by atoms with E-state index in [1.54, 1.807) is 36.5 Å². The van der Waals surface area contributed by atoms with Crippen molar-refractivity contribution in [2.75, 3.05) is 0 Å². The second-order valence-electron chi connectivity index (χ2n) is 3.14. The van der Waals surface area contributed by atoms with E-state index in [0.717, 1.165) is 11.1 Å². The Hall–Kier alpha value is -2.03. The van der Waals surface area contributed by atoms with Gasteiger partial charge in [0.05, 0.1) is 0 Å². The number of hydrogen-bond donors (Lipinski definition) is 2. The molecule has 1 rings (SSSR count). The average Bonchev–Trinajstić information content (AvgIpc) is 2.26. The maximum Gasteiger partial charge on any atom is 0.130 e. The number of amidine groups is 1. The van der Waals surface area contributed by atoms with Crippen molar-refractivity contribution in [3.63, 3.8) is 0 Å². The number of allylic oxidation sites excluding steroid dienone is 2. The quantitative estimate of drug-likeness (QED) is 0.448. The Labute approximate surface area is 89.3 Å². The molecule has 3 N–H and O–H groups in total. The van der Waals surface area contributed by atoms with Crippen LogP contribution in [0.25, 0.3) is 0 Å². The third kappa shape index (κ3) is 3.31. The number of benzene rings is 1. The third-order valence-corrected chi connectivity index (χ3v) is 1.89. The SMILES string of the molecule is C=C/C(C)=C\N=C(/N)c1ccc(O)cc1. The number of aliphatic imine (C=N–C) groups is 1. The van der Waals surface area contributed by atoms with Crippen molar-refractivity contribution in [3.05, 3.63) is 54.3 Å². The van der Waals surface area contributed by atoms with Gasteiger partial charge in [-0.3, -0.25) is 0 Å². The van der Waals surface area contributed by atoms with Crippen molar-refractivity contribution in [2.45, 2.75) is 6.92 Å². The van der Waals surface area contributed by atoms with Gasteiger partial charge in [-0.25, -0.2) is 4.99 Å². The number of phenolic OH excluding ortho intramolecular Hbond substituents is 1. The summed E-state index contributed by atoms with van der Waals surface area (Å²) in [6.07, 6.45) is 3.35. The van der Waals surface area contributed by atoms with Crippen LogP contribution in [0.5, 0.6) is 5.75 Å². The van der Waals surface area contributed by atoms with E-state index in [1.165, 1.54) is 0 Å². The fourth-order valence-corrected chi connectivity index (χ4v) is 0.931. The van der Waals surface area contributed by atoms with Crippen LogP contribution in [0.3, 0.4) is 0 Å². The molecular formula is C12H14N2O. The fraction of sp³-hybridized carbons (Fsp3) is 0.0833. The average molecular weight is 202 g/mol. The Bertz CT molecular complexity index is 402. The molecule has 78 valence electrons. The molecule has 0 aromatic heterocycles. The highest BCUT2D eigenvalue weighted by atomic mass is 16.3. The van der Waals surface area contributed by atoms with E-state index in [9.17, 15) is 0 Å². The molecule has 3 nitrogen and oxygen atoms in total. The molecule has 0 atom stereocenters. The first-order chi connectivity index (χ1) is 7.13. The van der Waals surface area contributed by atoms with Gasteiger partial charge in [-0.05, 0) is 36.8 Å². The van der Waals surface area contributed by atoms with E-state index in [1.807, 2.05) is 6.92 Å². The van der Waals surface area contributed by atoms with Crippen LogP contribution in [0.4, 0.5) is 0 Å². The van der Waals surface area contributed by atoms with Crippen LogP contribution in [0.1, 0.15) is 12.5 Å². The van der Waals surface area contributed by atoms with Crippen LogP contribution in [0.15, 0.2) is 53.7 Å². The predicted molar refractivity (Wildman–Crippen MR) is 62.8 cm³/mol. The molecule has 0 aliphatic carbocycles. The van der Waals surface area contributed by atoms with Gasteiger partial charge in [0.15, 0.2) is 0 Å². The van der Waals surface area contributed by atoms with Crippen LogP contribution in [0.2, 0.25) is 0 Å². The zero-order chi connectivity index (χ0) is 11.3. The first-order valence-corrected chi connectivity index (χ1v) is 4.55. The van der Waals surface area contributed by atoms with Gasteiger partial charge in [0.2, 0.25) is 0 Å². The van der Waals surface area contributed by atoms with Gasteiger partial charge in [-0.2, -0.15) is 0 Å². The van der Waals surface area contributed by atoms with E-state index in [2.05, 4.69) is 11.6 Å². The Balaban J connectivity index is 2.89. The van der Waals surface area contributed by atoms with E-state index in [0.29, 0.717) is 5.84 Å². The minimum Gasteiger partial charge on any atom is -0.508 e. The molecule has 0 amide bonds. The van der Waals surface area contributed by atoms with Gasteiger partial charge in [0.25, 0.3) is 0 Å². The monoisotopic (exact) mass is 202 g/mol. The number of phenols is 1. The molecule has 0 saturated heterocycles. The smallest absolute Gasteiger partial charge is 0.130 e. The van der Waals surface area contributed by atoms with Crippen molar-refractivity contribution >= 4 is 5.84 Å². The van der Waals surface area contributed by atoms with Crippen molar-refractivity contribution in [1.29, 1.82) is 0 Å². The van der Waals surface area contributed by atoms with Gasteiger partial charge >= 0.3 is 0 Å². The first-order valence-electron chi connectivity index (χ1n) is 4.55.